The largest absolute Gasteiger partial charge is 0.392 e. The van der Waals surface area contributed by atoms with Gasteiger partial charge in [0.1, 0.15) is 5.69 Å². The number of alkyl halides is 3. The molecular formula is C27H28ClF3N4. The summed E-state index contributed by atoms with van der Waals surface area (Å²) in [6.45, 7) is 12.3. The van der Waals surface area contributed by atoms with Gasteiger partial charge in [-0.25, -0.2) is 0 Å². The number of aryl methyl sites for hydroxylation is 1. The average Bonchev–Trinajstić information content (AvgIpc) is 2.76. The Labute approximate surface area is 209 Å². The van der Waals surface area contributed by atoms with Crippen molar-refractivity contribution in [1.29, 1.82) is 0 Å². The second-order valence-electron chi connectivity index (χ2n) is 8.17. The van der Waals surface area contributed by atoms with Gasteiger partial charge in [0.15, 0.2) is 5.82 Å². The molecule has 2 aromatic carbocycles. The Balaban J connectivity index is 0.000000466. The molecule has 4 nitrogen and oxygen atoms in total. The molecule has 1 heterocycles. The number of aromatic nitrogens is 2. The molecule has 8 heteroatoms. The fourth-order valence-corrected chi connectivity index (χ4v) is 3.13. The van der Waals surface area contributed by atoms with E-state index >= 15 is 0 Å². The Morgan fingerprint density at radius 3 is 2.20 bits per heavy atom. The number of allylic oxidation sites excluding steroid dienone is 2. The minimum Gasteiger partial charge on any atom is -0.260 e. The van der Waals surface area contributed by atoms with Crippen molar-refractivity contribution in [3.05, 3.63) is 89.5 Å². The summed E-state index contributed by atoms with van der Waals surface area (Å²) in [7, 11) is 0. The lowest BCUT2D eigenvalue weighted by atomic mass is 9.99. The lowest BCUT2D eigenvalue weighted by molar-refractivity contribution is -0.126. The van der Waals surface area contributed by atoms with Gasteiger partial charge in [-0.15, -0.1) is 10.2 Å². The Morgan fingerprint density at radius 2 is 1.66 bits per heavy atom. The average molecular weight is 501 g/mol. The number of anilines is 1. The van der Waals surface area contributed by atoms with Crippen molar-refractivity contribution >= 4 is 23.6 Å². The molecule has 3 rings (SSSR count). The van der Waals surface area contributed by atoms with Crippen LogP contribution in [0.3, 0.4) is 0 Å². The first-order valence-corrected chi connectivity index (χ1v) is 11.2. The van der Waals surface area contributed by atoms with E-state index in [2.05, 4.69) is 65.1 Å². The van der Waals surface area contributed by atoms with E-state index in [1.54, 1.807) is 6.21 Å². The molecule has 0 aliphatic rings. The fourth-order valence-electron chi connectivity index (χ4n) is 2.91. The first-order valence-electron chi connectivity index (χ1n) is 10.8. The summed E-state index contributed by atoms with van der Waals surface area (Å²) in [5.74, 6) is 0.569. The molecule has 0 spiro atoms. The van der Waals surface area contributed by atoms with Crippen molar-refractivity contribution < 1.29 is 13.2 Å². The molecule has 3 aromatic rings. The van der Waals surface area contributed by atoms with Gasteiger partial charge < -0.3 is 0 Å². The number of nitrogens with zero attached hydrogens (tertiary/aromatic N) is 3. The molecular weight excluding hydrogens is 473 g/mol. The van der Waals surface area contributed by atoms with Gasteiger partial charge in [-0.05, 0) is 38.5 Å². The number of halogens is 4. The Hall–Kier alpha value is -3.45. The van der Waals surface area contributed by atoms with Gasteiger partial charge in [0, 0.05) is 23.8 Å². The molecule has 0 saturated carbocycles. The number of hydrazone groups is 1. The third-order valence-corrected chi connectivity index (χ3v) is 4.83. The molecule has 35 heavy (non-hydrogen) atoms. The number of hydrogen-bond donors (Lipinski definition) is 1. The van der Waals surface area contributed by atoms with Crippen molar-refractivity contribution in [2.45, 2.75) is 39.8 Å². The summed E-state index contributed by atoms with van der Waals surface area (Å²) in [5.41, 5.74) is 8.89. The lowest BCUT2D eigenvalue weighted by Gasteiger charge is -2.11. The van der Waals surface area contributed by atoms with E-state index in [-0.39, 0.29) is 5.57 Å². The highest BCUT2D eigenvalue weighted by atomic mass is 35.5. The predicted octanol–water partition coefficient (Wildman–Crippen LogP) is 8.65. The van der Waals surface area contributed by atoms with Crippen LogP contribution in [0.4, 0.5) is 19.0 Å². The van der Waals surface area contributed by atoms with E-state index in [1.807, 2.05) is 37.3 Å². The summed E-state index contributed by atoms with van der Waals surface area (Å²) < 4.78 is 33.7. The minimum absolute atomic E-state index is 0.150. The van der Waals surface area contributed by atoms with Gasteiger partial charge in [-0.1, -0.05) is 83.9 Å². The minimum atomic E-state index is -4.08. The van der Waals surface area contributed by atoms with Crippen molar-refractivity contribution in [3.8, 4) is 22.4 Å². The maximum Gasteiger partial charge on any atom is 0.392 e. The van der Waals surface area contributed by atoms with Gasteiger partial charge in [-0.3, -0.25) is 5.43 Å². The molecule has 0 saturated heterocycles. The van der Waals surface area contributed by atoms with Crippen molar-refractivity contribution in [2.75, 3.05) is 5.43 Å². The number of hydrogen-bond acceptors (Lipinski definition) is 4. The van der Waals surface area contributed by atoms with Gasteiger partial charge in [-0.2, -0.15) is 18.3 Å². The van der Waals surface area contributed by atoms with Crippen molar-refractivity contribution in [3.63, 3.8) is 0 Å². The summed E-state index contributed by atoms with van der Waals surface area (Å²) in [5, 5.41) is 13.5. The standard InChI is InChI=1S/C22H21ClN4.C5H7F3/c1-15(2)12-13-24-25-21-14-19(17-10-8-16(3)9-11-17)22(27-26-21)18-6-4-5-7-20(18)23;1-4(2)3-5(6,7)8/h4-11,13-14H,1,12H2,2-3H3,(H,25,26);1,3H2,2H3/b24-13+;. The summed E-state index contributed by atoms with van der Waals surface area (Å²) in [6.07, 6.45) is -2.47. The predicted molar refractivity (Wildman–Crippen MR) is 140 cm³/mol. The Morgan fingerprint density at radius 1 is 1.00 bits per heavy atom. The summed E-state index contributed by atoms with van der Waals surface area (Å²) in [6, 6.07) is 17.9. The van der Waals surface area contributed by atoms with Crippen LogP contribution in [0.2, 0.25) is 5.02 Å². The van der Waals surface area contributed by atoms with E-state index in [9.17, 15) is 13.2 Å². The topological polar surface area (TPSA) is 50.2 Å². The molecule has 1 N–H and O–H groups in total. The molecule has 0 aliphatic carbocycles. The smallest absolute Gasteiger partial charge is 0.260 e. The monoisotopic (exact) mass is 500 g/mol. The Bertz CT molecular complexity index is 1190. The normalized spacial score (nSPS) is 11.1. The molecule has 0 amide bonds. The highest BCUT2D eigenvalue weighted by Gasteiger charge is 2.26. The highest BCUT2D eigenvalue weighted by Crippen LogP contribution is 2.35. The first kappa shape index (κ1) is 27.8. The number of rotatable bonds is 7. The van der Waals surface area contributed by atoms with E-state index in [4.69, 9.17) is 11.6 Å². The molecule has 1 aromatic heterocycles. The zero-order chi connectivity index (χ0) is 26.0. The van der Waals surface area contributed by atoms with Gasteiger partial charge in [0.05, 0.1) is 11.4 Å². The molecule has 184 valence electrons. The quantitative estimate of drug-likeness (QED) is 0.200. The SMILES string of the molecule is C=C(C)C/C=N/Nc1cc(-c2ccc(C)cc2)c(-c2ccccc2Cl)nn1.C=C(C)CC(F)(F)F. The maximum absolute atomic E-state index is 11.2. The third kappa shape index (κ3) is 9.74. The van der Waals surface area contributed by atoms with Crippen LogP contribution in [0, 0.1) is 6.92 Å². The molecule has 0 atom stereocenters. The van der Waals surface area contributed by atoms with E-state index in [0.717, 1.165) is 28.0 Å². The first-order chi connectivity index (χ1) is 16.5. The molecule has 0 unspecified atom stereocenters. The summed E-state index contributed by atoms with van der Waals surface area (Å²) in [4.78, 5) is 0. The lowest BCUT2D eigenvalue weighted by Crippen LogP contribution is -2.06. The highest BCUT2D eigenvalue weighted by molar-refractivity contribution is 6.33. The third-order valence-electron chi connectivity index (χ3n) is 4.50. The van der Waals surface area contributed by atoms with Crippen LogP contribution in [0.1, 0.15) is 32.3 Å². The van der Waals surface area contributed by atoms with E-state index in [0.29, 0.717) is 17.3 Å². The van der Waals surface area contributed by atoms with Crippen molar-refractivity contribution in [2.24, 2.45) is 5.10 Å². The molecule has 0 radical (unpaired) electrons. The van der Waals surface area contributed by atoms with Crippen LogP contribution >= 0.6 is 11.6 Å². The van der Waals surface area contributed by atoms with Gasteiger partial charge >= 0.3 is 6.18 Å². The molecule has 0 aliphatic heterocycles. The van der Waals surface area contributed by atoms with Crippen LogP contribution < -0.4 is 5.43 Å². The van der Waals surface area contributed by atoms with Gasteiger partial charge in [0.25, 0.3) is 0 Å². The maximum atomic E-state index is 11.2. The van der Waals surface area contributed by atoms with E-state index < -0.39 is 12.6 Å². The van der Waals surface area contributed by atoms with Crippen molar-refractivity contribution in [1.82, 2.24) is 10.2 Å². The molecule has 0 bridgehead atoms. The number of benzene rings is 2. The van der Waals surface area contributed by atoms with Crippen LogP contribution in [0.15, 0.2) is 84.0 Å². The zero-order valence-electron chi connectivity index (χ0n) is 20.0. The Kier molecular flexibility index (Phi) is 10.2. The van der Waals surface area contributed by atoms with Crippen LogP contribution in [-0.4, -0.2) is 22.6 Å². The van der Waals surface area contributed by atoms with Crippen LogP contribution in [0.5, 0.6) is 0 Å². The zero-order valence-corrected chi connectivity index (χ0v) is 20.7. The number of nitrogens with one attached hydrogen (secondary N) is 1. The fraction of sp³-hybridized carbons (Fsp3) is 0.222. The second kappa shape index (κ2) is 12.9. The van der Waals surface area contributed by atoms with Crippen LogP contribution in [0.25, 0.3) is 22.4 Å². The van der Waals surface area contributed by atoms with Crippen LogP contribution in [-0.2, 0) is 0 Å². The van der Waals surface area contributed by atoms with E-state index in [1.165, 1.54) is 12.5 Å². The molecule has 0 fully saturated rings. The second-order valence-corrected chi connectivity index (χ2v) is 8.58. The summed E-state index contributed by atoms with van der Waals surface area (Å²) >= 11 is 6.40. The van der Waals surface area contributed by atoms with Gasteiger partial charge in [0.2, 0.25) is 0 Å².